The standard InChI is InChI=1S/C9H15NO3/c1-9(2,3)8(12)13-10-5-4-7(11)6-10/h4-6H2,1-3H3. The molecule has 74 valence electrons. The van der Waals surface area contributed by atoms with Gasteiger partial charge in [-0.2, -0.15) is 0 Å². The summed E-state index contributed by atoms with van der Waals surface area (Å²) in [5.41, 5.74) is -0.508. The second-order valence-corrected chi connectivity index (χ2v) is 4.28. The van der Waals surface area contributed by atoms with Gasteiger partial charge in [-0.3, -0.25) is 4.79 Å². The van der Waals surface area contributed by atoms with Crippen LogP contribution in [0.2, 0.25) is 0 Å². The third-order valence-electron chi connectivity index (χ3n) is 1.82. The van der Waals surface area contributed by atoms with Crippen molar-refractivity contribution in [1.29, 1.82) is 0 Å². The van der Waals surface area contributed by atoms with E-state index in [1.807, 2.05) is 0 Å². The van der Waals surface area contributed by atoms with Crippen LogP contribution in [-0.4, -0.2) is 29.9 Å². The van der Waals surface area contributed by atoms with Gasteiger partial charge in [0.1, 0.15) is 0 Å². The Morgan fingerprint density at radius 3 is 2.46 bits per heavy atom. The largest absolute Gasteiger partial charge is 0.367 e. The molecule has 1 aliphatic rings. The summed E-state index contributed by atoms with van der Waals surface area (Å²) in [6.45, 7) is 6.12. The zero-order valence-corrected chi connectivity index (χ0v) is 8.29. The Bertz CT molecular complexity index is 230. The number of nitrogens with zero attached hydrogens (tertiary/aromatic N) is 1. The van der Waals surface area contributed by atoms with Gasteiger partial charge in [-0.15, -0.1) is 5.06 Å². The van der Waals surface area contributed by atoms with Crippen molar-refractivity contribution in [3.63, 3.8) is 0 Å². The molecule has 4 nitrogen and oxygen atoms in total. The van der Waals surface area contributed by atoms with Crippen molar-refractivity contribution in [2.24, 2.45) is 5.41 Å². The average Bonchev–Trinajstić information content (AvgIpc) is 2.33. The number of hydrogen-bond acceptors (Lipinski definition) is 4. The number of hydrogen-bond donors (Lipinski definition) is 0. The number of hydroxylamine groups is 2. The summed E-state index contributed by atoms with van der Waals surface area (Å²) >= 11 is 0. The van der Waals surface area contributed by atoms with Crippen LogP contribution < -0.4 is 0 Å². The van der Waals surface area contributed by atoms with Gasteiger partial charge in [-0.25, -0.2) is 4.79 Å². The molecule has 0 saturated carbocycles. The summed E-state index contributed by atoms with van der Waals surface area (Å²) in [7, 11) is 0. The molecule has 0 aliphatic carbocycles. The highest BCUT2D eigenvalue weighted by Crippen LogP contribution is 2.17. The molecule has 0 radical (unpaired) electrons. The van der Waals surface area contributed by atoms with Crippen LogP contribution in [0.25, 0.3) is 0 Å². The smallest absolute Gasteiger partial charge is 0.330 e. The molecule has 1 fully saturated rings. The Morgan fingerprint density at radius 2 is 2.08 bits per heavy atom. The minimum atomic E-state index is -0.508. The van der Waals surface area contributed by atoms with E-state index in [9.17, 15) is 9.59 Å². The van der Waals surface area contributed by atoms with Crippen LogP contribution in [0.3, 0.4) is 0 Å². The van der Waals surface area contributed by atoms with Gasteiger partial charge in [0.2, 0.25) is 0 Å². The lowest BCUT2D eigenvalue weighted by molar-refractivity contribution is -0.195. The third kappa shape index (κ3) is 2.81. The molecule has 0 aromatic heterocycles. The van der Waals surface area contributed by atoms with Gasteiger partial charge < -0.3 is 4.84 Å². The molecule has 1 saturated heterocycles. The summed E-state index contributed by atoms with van der Waals surface area (Å²) in [5.74, 6) is -0.163. The van der Waals surface area contributed by atoms with Gasteiger partial charge in [0.05, 0.1) is 12.0 Å². The SMILES string of the molecule is CC(C)(C)C(=O)ON1CCC(=O)C1. The summed E-state index contributed by atoms with van der Waals surface area (Å²) in [6.07, 6.45) is 0.484. The number of Topliss-reactive ketones (excluding diaryl/α,β-unsaturated/α-hetero) is 1. The summed E-state index contributed by atoms with van der Waals surface area (Å²) in [5, 5.41) is 1.43. The molecule has 13 heavy (non-hydrogen) atoms. The van der Waals surface area contributed by atoms with Crippen LogP contribution in [0.1, 0.15) is 27.2 Å². The van der Waals surface area contributed by atoms with Crippen LogP contribution >= 0.6 is 0 Å². The first-order valence-electron chi connectivity index (χ1n) is 4.38. The molecule has 0 bridgehead atoms. The maximum atomic E-state index is 11.4. The van der Waals surface area contributed by atoms with Crippen LogP contribution in [-0.2, 0) is 14.4 Å². The van der Waals surface area contributed by atoms with Gasteiger partial charge >= 0.3 is 5.97 Å². The topological polar surface area (TPSA) is 46.6 Å². The van der Waals surface area contributed by atoms with E-state index in [0.29, 0.717) is 13.0 Å². The van der Waals surface area contributed by atoms with Gasteiger partial charge in [0.25, 0.3) is 0 Å². The van der Waals surface area contributed by atoms with Gasteiger partial charge in [-0.05, 0) is 20.8 Å². The lowest BCUT2D eigenvalue weighted by Gasteiger charge is -2.20. The van der Waals surface area contributed by atoms with E-state index in [0.717, 1.165) is 0 Å². The fourth-order valence-corrected chi connectivity index (χ4v) is 0.936. The molecule has 0 aromatic rings. The Balaban J connectivity index is 2.42. The predicted molar refractivity (Wildman–Crippen MR) is 46.7 cm³/mol. The molecule has 0 amide bonds. The molecule has 1 heterocycles. The van der Waals surface area contributed by atoms with Gasteiger partial charge in [0, 0.05) is 13.0 Å². The van der Waals surface area contributed by atoms with Crippen molar-refractivity contribution < 1.29 is 14.4 Å². The zero-order chi connectivity index (χ0) is 10.1. The third-order valence-corrected chi connectivity index (χ3v) is 1.82. The quantitative estimate of drug-likeness (QED) is 0.605. The summed E-state index contributed by atoms with van der Waals surface area (Å²) in [6, 6.07) is 0. The highest BCUT2D eigenvalue weighted by molar-refractivity contribution is 5.83. The van der Waals surface area contributed by atoms with Crippen molar-refractivity contribution in [2.75, 3.05) is 13.1 Å². The molecule has 0 aromatic carbocycles. The lowest BCUT2D eigenvalue weighted by atomic mass is 9.98. The van der Waals surface area contributed by atoms with Crippen molar-refractivity contribution >= 4 is 11.8 Å². The maximum absolute atomic E-state index is 11.4. The number of carbonyl (C=O) groups excluding carboxylic acids is 2. The Morgan fingerprint density at radius 1 is 1.46 bits per heavy atom. The van der Waals surface area contributed by atoms with E-state index in [1.54, 1.807) is 20.8 Å². The monoisotopic (exact) mass is 185 g/mol. The number of rotatable bonds is 1. The molecule has 4 heteroatoms. The van der Waals surface area contributed by atoms with Crippen molar-refractivity contribution in [3.05, 3.63) is 0 Å². The second-order valence-electron chi connectivity index (χ2n) is 4.28. The molecular formula is C9H15NO3. The molecule has 0 N–H and O–H groups in total. The van der Waals surface area contributed by atoms with E-state index in [1.165, 1.54) is 5.06 Å². The minimum Gasteiger partial charge on any atom is -0.367 e. The molecule has 1 rings (SSSR count). The maximum Gasteiger partial charge on any atom is 0.330 e. The van der Waals surface area contributed by atoms with Crippen molar-refractivity contribution in [3.8, 4) is 0 Å². The van der Waals surface area contributed by atoms with E-state index in [4.69, 9.17) is 4.84 Å². The Hall–Kier alpha value is -0.900. The van der Waals surface area contributed by atoms with Crippen molar-refractivity contribution in [1.82, 2.24) is 5.06 Å². The summed E-state index contributed by atoms with van der Waals surface area (Å²) in [4.78, 5) is 27.2. The average molecular weight is 185 g/mol. The minimum absolute atomic E-state index is 0.127. The van der Waals surface area contributed by atoms with Crippen LogP contribution in [0.4, 0.5) is 0 Å². The zero-order valence-electron chi connectivity index (χ0n) is 8.29. The first kappa shape index (κ1) is 10.2. The van der Waals surface area contributed by atoms with Crippen LogP contribution in [0, 0.1) is 5.41 Å². The highest BCUT2D eigenvalue weighted by atomic mass is 16.7. The van der Waals surface area contributed by atoms with E-state index < -0.39 is 5.41 Å². The first-order chi connectivity index (χ1) is 5.89. The van der Waals surface area contributed by atoms with Gasteiger partial charge in [-0.1, -0.05) is 0 Å². The van der Waals surface area contributed by atoms with Crippen molar-refractivity contribution in [2.45, 2.75) is 27.2 Å². The number of ketones is 1. The molecule has 0 atom stereocenters. The highest BCUT2D eigenvalue weighted by Gasteiger charge is 2.29. The molecule has 0 spiro atoms. The Kier molecular flexibility index (Phi) is 2.71. The van der Waals surface area contributed by atoms with Gasteiger partial charge in [0.15, 0.2) is 5.78 Å². The van der Waals surface area contributed by atoms with Crippen LogP contribution in [0.5, 0.6) is 0 Å². The summed E-state index contributed by atoms with van der Waals surface area (Å²) < 4.78 is 0. The van der Waals surface area contributed by atoms with E-state index in [2.05, 4.69) is 0 Å². The second kappa shape index (κ2) is 3.46. The number of carbonyl (C=O) groups is 2. The molecule has 1 aliphatic heterocycles. The molecular weight excluding hydrogens is 170 g/mol. The van der Waals surface area contributed by atoms with Crippen LogP contribution in [0.15, 0.2) is 0 Å². The Labute approximate surface area is 77.8 Å². The molecule has 0 unspecified atom stereocenters. The lowest BCUT2D eigenvalue weighted by Crippen LogP contribution is -2.32. The normalized spacial score (nSPS) is 19.2. The van der Waals surface area contributed by atoms with E-state index >= 15 is 0 Å². The fraction of sp³-hybridized carbons (Fsp3) is 0.778. The first-order valence-corrected chi connectivity index (χ1v) is 4.38. The predicted octanol–water partition coefficient (Wildman–Crippen LogP) is 0.766. The fourth-order valence-electron chi connectivity index (χ4n) is 0.936. The van der Waals surface area contributed by atoms with E-state index in [-0.39, 0.29) is 18.3 Å².